The number of rotatable bonds is 2. The van der Waals surface area contributed by atoms with Crippen molar-refractivity contribution in [1.29, 1.82) is 0 Å². The van der Waals surface area contributed by atoms with Crippen LogP contribution in [0.15, 0.2) is 24.3 Å². The van der Waals surface area contributed by atoms with Gasteiger partial charge in [-0.15, -0.1) is 0 Å². The number of carbonyl (C=O) groups is 1. The summed E-state index contributed by atoms with van der Waals surface area (Å²) in [6.07, 6.45) is 0. The predicted molar refractivity (Wildman–Crippen MR) is 56.6 cm³/mol. The number of nitrogens with one attached hydrogen (secondary N) is 2. The van der Waals surface area contributed by atoms with Crippen LogP contribution in [0.2, 0.25) is 0 Å². The Hall–Kier alpha value is -1.95. The van der Waals surface area contributed by atoms with Gasteiger partial charge < -0.3 is 0 Å². The second kappa shape index (κ2) is 3.90. The van der Waals surface area contributed by atoms with Crippen molar-refractivity contribution in [3.05, 3.63) is 39.9 Å². The molecule has 0 saturated carbocycles. The van der Waals surface area contributed by atoms with Gasteiger partial charge in [0.25, 0.3) is 5.69 Å². The molecule has 2 atom stereocenters. The highest BCUT2D eigenvalue weighted by molar-refractivity contribution is 5.86. The molecule has 0 spiro atoms. The molecule has 6 heteroatoms. The van der Waals surface area contributed by atoms with Crippen LogP contribution in [0.4, 0.5) is 5.69 Å². The van der Waals surface area contributed by atoms with Gasteiger partial charge in [-0.05, 0) is 12.5 Å². The number of nitrogens with zero attached hydrogens (tertiary/aromatic N) is 1. The highest BCUT2D eigenvalue weighted by atomic mass is 16.6. The molecule has 2 rings (SSSR count). The average molecular weight is 221 g/mol. The Kier molecular flexibility index (Phi) is 2.57. The maximum absolute atomic E-state index is 11.5. The molecule has 1 fully saturated rings. The Morgan fingerprint density at radius 2 is 1.94 bits per heavy atom. The van der Waals surface area contributed by atoms with Gasteiger partial charge in [-0.2, -0.15) is 0 Å². The van der Waals surface area contributed by atoms with E-state index in [1.807, 2.05) is 6.92 Å². The summed E-state index contributed by atoms with van der Waals surface area (Å²) in [7, 11) is 0. The summed E-state index contributed by atoms with van der Waals surface area (Å²) in [6, 6.07) is 6.04. The fourth-order valence-electron chi connectivity index (χ4n) is 1.82. The molecule has 0 radical (unpaired) electrons. The number of hydrogen-bond donors (Lipinski definition) is 2. The molecular weight excluding hydrogens is 210 g/mol. The Morgan fingerprint density at radius 1 is 1.31 bits per heavy atom. The Morgan fingerprint density at radius 3 is 2.38 bits per heavy atom. The zero-order chi connectivity index (χ0) is 11.7. The molecular formula is C10H11N3O3. The van der Waals surface area contributed by atoms with Gasteiger partial charge >= 0.3 is 0 Å². The monoisotopic (exact) mass is 221 g/mol. The predicted octanol–water partition coefficient (Wildman–Crippen LogP) is 0.701. The lowest BCUT2D eigenvalue weighted by atomic mass is 9.93. The number of hydrazine groups is 1. The highest BCUT2D eigenvalue weighted by Crippen LogP contribution is 2.24. The average Bonchev–Trinajstić information content (AvgIpc) is 2.59. The molecule has 16 heavy (non-hydrogen) atoms. The van der Waals surface area contributed by atoms with Gasteiger partial charge in [-0.1, -0.05) is 12.1 Å². The third-order valence-electron chi connectivity index (χ3n) is 2.67. The van der Waals surface area contributed by atoms with Crippen molar-refractivity contribution in [2.45, 2.75) is 18.9 Å². The van der Waals surface area contributed by atoms with E-state index < -0.39 is 4.92 Å². The van der Waals surface area contributed by atoms with Crippen LogP contribution in [0.5, 0.6) is 0 Å². The van der Waals surface area contributed by atoms with Crippen molar-refractivity contribution in [3.8, 4) is 0 Å². The van der Waals surface area contributed by atoms with E-state index in [1.54, 1.807) is 12.1 Å². The van der Waals surface area contributed by atoms with Gasteiger partial charge in [0, 0.05) is 18.2 Å². The standard InChI is InChI=1S/C10H11N3O3/c1-6-9(10(14)12-11-6)7-2-4-8(5-3-7)13(15)16/h2-6,9,11H,1H3,(H,12,14). The highest BCUT2D eigenvalue weighted by Gasteiger charge is 2.32. The summed E-state index contributed by atoms with van der Waals surface area (Å²) in [5.41, 5.74) is 6.16. The lowest BCUT2D eigenvalue weighted by molar-refractivity contribution is -0.384. The van der Waals surface area contributed by atoms with Crippen LogP contribution in [-0.4, -0.2) is 16.9 Å². The number of nitro benzene ring substituents is 1. The third-order valence-corrected chi connectivity index (χ3v) is 2.67. The van der Waals surface area contributed by atoms with Crippen molar-refractivity contribution >= 4 is 11.6 Å². The first-order valence-electron chi connectivity index (χ1n) is 4.89. The number of benzene rings is 1. The molecule has 1 saturated heterocycles. The van der Waals surface area contributed by atoms with E-state index in [4.69, 9.17) is 0 Å². The van der Waals surface area contributed by atoms with Gasteiger partial charge in [0.2, 0.25) is 5.91 Å². The first kappa shape index (κ1) is 10.6. The first-order chi connectivity index (χ1) is 7.59. The van der Waals surface area contributed by atoms with Crippen molar-refractivity contribution in [2.24, 2.45) is 0 Å². The lowest BCUT2D eigenvalue weighted by Crippen LogP contribution is -2.29. The molecule has 0 bridgehead atoms. The molecule has 1 aromatic carbocycles. The number of nitro groups is 1. The van der Waals surface area contributed by atoms with E-state index in [2.05, 4.69) is 10.9 Å². The molecule has 1 aromatic rings. The molecule has 1 heterocycles. The van der Waals surface area contributed by atoms with Gasteiger partial charge in [0.15, 0.2) is 0 Å². The number of hydrogen-bond acceptors (Lipinski definition) is 4. The van der Waals surface area contributed by atoms with Crippen LogP contribution in [0.3, 0.4) is 0 Å². The summed E-state index contributed by atoms with van der Waals surface area (Å²) >= 11 is 0. The molecule has 0 aromatic heterocycles. The third kappa shape index (κ3) is 1.74. The minimum Gasteiger partial charge on any atom is -0.291 e. The van der Waals surface area contributed by atoms with Crippen LogP contribution < -0.4 is 10.9 Å². The van der Waals surface area contributed by atoms with Crippen LogP contribution >= 0.6 is 0 Å². The molecule has 2 unspecified atom stereocenters. The molecule has 0 aliphatic carbocycles. The largest absolute Gasteiger partial charge is 0.291 e. The lowest BCUT2D eigenvalue weighted by Gasteiger charge is -2.11. The summed E-state index contributed by atoms with van der Waals surface area (Å²) in [5, 5.41) is 10.5. The van der Waals surface area contributed by atoms with Crippen LogP contribution in [0.25, 0.3) is 0 Å². The fourth-order valence-corrected chi connectivity index (χ4v) is 1.82. The maximum atomic E-state index is 11.5. The van der Waals surface area contributed by atoms with Gasteiger partial charge in [0.1, 0.15) is 0 Å². The zero-order valence-electron chi connectivity index (χ0n) is 8.64. The summed E-state index contributed by atoms with van der Waals surface area (Å²) in [5.74, 6) is -0.401. The molecule has 2 N–H and O–H groups in total. The van der Waals surface area contributed by atoms with Gasteiger partial charge in [0.05, 0.1) is 10.8 Å². The molecule has 6 nitrogen and oxygen atoms in total. The SMILES string of the molecule is CC1NNC(=O)C1c1ccc([N+](=O)[O-])cc1. The van der Waals surface area contributed by atoms with E-state index in [-0.39, 0.29) is 23.6 Å². The van der Waals surface area contributed by atoms with Crippen molar-refractivity contribution in [1.82, 2.24) is 10.9 Å². The van der Waals surface area contributed by atoms with Crippen LogP contribution in [0, 0.1) is 10.1 Å². The zero-order valence-corrected chi connectivity index (χ0v) is 8.64. The van der Waals surface area contributed by atoms with Crippen LogP contribution in [-0.2, 0) is 4.79 Å². The summed E-state index contributed by atoms with van der Waals surface area (Å²) < 4.78 is 0. The smallest absolute Gasteiger partial charge is 0.269 e. The minimum atomic E-state index is -0.458. The normalized spacial score (nSPS) is 24.2. The number of amides is 1. The molecule has 1 aliphatic rings. The van der Waals surface area contributed by atoms with E-state index >= 15 is 0 Å². The first-order valence-corrected chi connectivity index (χ1v) is 4.89. The fraction of sp³-hybridized carbons (Fsp3) is 0.300. The summed E-state index contributed by atoms with van der Waals surface area (Å²) in [4.78, 5) is 21.5. The second-order valence-electron chi connectivity index (χ2n) is 3.75. The Balaban J connectivity index is 2.27. The van der Waals surface area contributed by atoms with Crippen molar-refractivity contribution in [3.63, 3.8) is 0 Å². The van der Waals surface area contributed by atoms with E-state index in [9.17, 15) is 14.9 Å². The quantitative estimate of drug-likeness (QED) is 0.568. The Bertz CT molecular complexity index is 429. The van der Waals surface area contributed by atoms with E-state index in [0.29, 0.717) is 0 Å². The van der Waals surface area contributed by atoms with Crippen LogP contribution in [0.1, 0.15) is 18.4 Å². The maximum Gasteiger partial charge on any atom is 0.269 e. The van der Waals surface area contributed by atoms with Gasteiger partial charge in [-0.25, -0.2) is 5.43 Å². The molecule has 1 aliphatic heterocycles. The second-order valence-corrected chi connectivity index (χ2v) is 3.75. The number of carbonyl (C=O) groups excluding carboxylic acids is 1. The van der Waals surface area contributed by atoms with E-state index in [1.165, 1.54) is 12.1 Å². The Labute approximate surface area is 91.8 Å². The molecule has 1 amide bonds. The van der Waals surface area contributed by atoms with Crippen molar-refractivity contribution < 1.29 is 9.72 Å². The number of non-ortho nitro benzene ring substituents is 1. The minimum absolute atomic E-state index is 0.0195. The van der Waals surface area contributed by atoms with E-state index in [0.717, 1.165) is 5.56 Å². The van der Waals surface area contributed by atoms with Gasteiger partial charge in [-0.3, -0.25) is 20.3 Å². The van der Waals surface area contributed by atoms with Crippen molar-refractivity contribution in [2.75, 3.05) is 0 Å². The topological polar surface area (TPSA) is 84.3 Å². The summed E-state index contributed by atoms with van der Waals surface area (Å²) in [6.45, 7) is 1.88. The molecule has 84 valence electrons.